The quantitative estimate of drug-likeness (QED) is 0.521. The molecule has 0 bridgehead atoms. The van der Waals surface area contributed by atoms with E-state index in [1.807, 2.05) is 11.9 Å². The van der Waals surface area contributed by atoms with E-state index < -0.39 is 0 Å². The van der Waals surface area contributed by atoms with Crippen molar-refractivity contribution < 1.29 is 9.47 Å². The predicted octanol–water partition coefficient (Wildman–Crippen LogP) is -0.189. The molecule has 0 spiro atoms. The van der Waals surface area contributed by atoms with Crippen LogP contribution in [0, 0.1) is 0 Å². The number of guanidine groups is 1. The molecule has 2 N–H and O–H groups in total. The van der Waals surface area contributed by atoms with Crippen molar-refractivity contribution >= 4 is 5.96 Å². The zero-order valence-electron chi connectivity index (χ0n) is 9.19. The summed E-state index contributed by atoms with van der Waals surface area (Å²) in [5.74, 6) is 0.617. The molecule has 1 aliphatic heterocycles. The van der Waals surface area contributed by atoms with Crippen LogP contribution in [-0.2, 0) is 9.47 Å². The minimum absolute atomic E-state index is 0.0740. The zero-order chi connectivity index (χ0) is 10.7. The summed E-state index contributed by atoms with van der Waals surface area (Å²) in [5, 5.41) is 0. The third kappa shape index (κ3) is 3.07. The monoisotopic (exact) mass is 213 g/mol. The second-order valence-corrected chi connectivity index (χ2v) is 4.11. The molecule has 2 aliphatic rings. The van der Waals surface area contributed by atoms with E-state index >= 15 is 0 Å². The summed E-state index contributed by atoms with van der Waals surface area (Å²) in [7, 11) is 1.99. The summed E-state index contributed by atoms with van der Waals surface area (Å²) in [6.07, 6.45) is 2.54. The maximum Gasteiger partial charge on any atom is 0.191 e. The third-order valence-electron chi connectivity index (χ3n) is 2.80. The molecule has 0 aromatic heterocycles. The molecular formula is C10H19N3O2. The van der Waals surface area contributed by atoms with Crippen LogP contribution >= 0.6 is 0 Å². The van der Waals surface area contributed by atoms with E-state index in [1.54, 1.807) is 0 Å². The molecule has 5 heteroatoms. The minimum atomic E-state index is 0.0740. The van der Waals surface area contributed by atoms with E-state index in [2.05, 4.69) is 4.99 Å². The molecule has 1 saturated carbocycles. The Kier molecular flexibility index (Phi) is 3.43. The molecule has 0 aromatic carbocycles. The first-order valence-corrected chi connectivity index (χ1v) is 5.49. The SMILES string of the molecule is CN(C(N)=NCC1COCCO1)C1CC1. The van der Waals surface area contributed by atoms with E-state index in [0.717, 1.165) is 0 Å². The third-order valence-corrected chi connectivity index (χ3v) is 2.80. The summed E-state index contributed by atoms with van der Waals surface area (Å²) in [6.45, 7) is 2.59. The summed E-state index contributed by atoms with van der Waals surface area (Å²) >= 11 is 0. The van der Waals surface area contributed by atoms with Crippen molar-refractivity contribution in [1.29, 1.82) is 0 Å². The summed E-state index contributed by atoms with van der Waals surface area (Å²) in [4.78, 5) is 6.37. The van der Waals surface area contributed by atoms with E-state index in [0.29, 0.717) is 38.4 Å². The van der Waals surface area contributed by atoms with E-state index in [4.69, 9.17) is 15.2 Å². The van der Waals surface area contributed by atoms with Crippen molar-refractivity contribution in [3.8, 4) is 0 Å². The lowest BCUT2D eigenvalue weighted by Crippen LogP contribution is -2.37. The van der Waals surface area contributed by atoms with E-state index in [1.165, 1.54) is 12.8 Å². The number of rotatable bonds is 3. The normalized spacial score (nSPS) is 27.8. The van der Waals surface area contributed by atoms with Gasteiger partial charge in [0.2, 0.25) is 0 Å². The fraction of sp³-hybridized carbons (Fsp3) is 0.900. The summed E-state index contributed by atoms with van der Waals surface area (Å²) in [5.41, 5.74) is 5.85. The van der Waals surface area contributed by atoms with Crippen LogP contribution < -0.4 is 5.73 Å². The van der Waals surface area contributed by atoms with Gasteiger partial charge in [0.1, 0.15) is 6.10 Å². The number of nitrogens with two attached hydrogens (primary N) is 1. The first-order chi connectivity index (χ1) is 7.27. The van der Waals surface area contributed by atoms with Gasteiger partial charge < -0.3 is 20.1 Å². The molecule has 1 atom stereocenters. The van der Waals surface area contributed by atoms with Gasteiger partial charge in [0, 0.05) is 13.1 Å². The van der Waals surface area contributed by atoms with Crippen LogP contribution in [0.4, 0.5) is 0 Å². The van der Waals surface area contributed by atoms with E-state index in [-0.39, 0.29) is 6.10 Å². The van der Waals surface area contributed by atoms with Crippen molar-refractivity contribution in [3.05, 3.63) is 0 Å². The molecule has 2 rings (SSSR count). The molecule has 1 heterocycles. The highest BCUT2D eigenvalue weighted by Gasteiger charge is 2.27. The molecule has 2 fully saturated rings. The van der Waals surface area contributed by atoms with Crippen molar-refractivity contribution in [1.82, 2.24) is 4.90 Å². The van der Waals surface area contributed by atoms with Gasteiger partial charge in [-0.15, -0.1) is 0 Å². The lowest BCUT2D eigenvalue weighted by atomic mass is 10.3. The second-order valence-electron chi connectivity index (χ2n) is 4.11. The minimum Gasteiger partial charge on any atom is -0.376 e. The Bertz CT molecular complexity index is 235. The maximum atomic E-state index is 5.85. The Balaban J connectivity index is 1.75. The molecule has 86 valence electrons. The molecule has 1 aliphatic carbocycles. The van der Waals surface area contributed by atoms with Crippen LogP contribution in [0.15, 0.2) is 4.99 Å². The van der Waals surface area contributed by atoms with E-state index in [9.17, 15) is 0 Å². The van der Waals surface area contributed by atoms with Crippen LogP contribution in [0.2, 0.25) is 0 Å². The van der Waals surface area contributed by atoms with Crippen LogP contribution in [0.1, 0.15) is 12.8 Å². The molecule has 0 aromatic rings. The molecule has 0 amide bonds. The van der Waals surface area contributed by atoms with Gasteiger partial charge in [-0.2, -0.15) is 0 Å². The highest BCUT2D eigenvalue weighted by atomic mass is 16.6. The zero-order valence-corrected chi connectivity index (χ0v) is 9.19. The Morgan fingerprint density at radius 3 is 2.87 bits per heavy atom. The molecule has 1 saturated heterocycles. The highest BCUT2D eigenvalue weighted by molar-refractivity contribution is 5.78. The first-order valence-electron chi connectivity index (χ1n) is 5.49. The second kappa shape index (κ2) is 4.81. The van der Waals surface area contributed by atoms with Gasteiger partial charge in [-0.1, -0.05) is 0 Å². The fourth-order valence-electron chi connectivity index (χ4n) is 1.60. The van der Waals surface area contributed by atoms with Gasteiger partial charge in [0.15, 0.2) is 5.96 Å². The maximum absolute atomic E-state index is 5.85. The van der Waals surface area contributed by atoms with Gasteiger partial charge in [0.25, 0.3) is 0 Å². The van der Waals surface area contributed by atoms with Crippen LogP contribution in [-0.4, -0.2) is 56.4 Å². The summed E-state index contributed by atoms with van der Waals surface area (Å²) < 4.78 is 10.8. The number of hydrogen-bond donors (Lipinski definition) is 1. The Morgan fingerprint density at radius 1 is 1.47 bits per heavy atom. The van der Waals surface area contributed by atoms with Gasteiger partial charge in [-0.25, -0.2) is 0 Å². The Labute approximate surface area is 90.2 Å². The van der Waals surface area contributed by atoms with Gasteiger partial charge in [-0.3, -0.25) is 4.99 Å². The highest BCUT2D eigenvalue weighted by Crippen LogP contribution is 2.24. The van der Waals surface area contributed by atoms with Gasteiger partial charge >= 0.3 is 0 Å². The first kappa shape index (κ1) is 10.7. The fourth-order valence-corrected chi connectivity index (χ4v) is 1.60. The lowest BCUT2D eigenvalue weighted by molar-refractivity contribution is -0.0833. The Hall–Kier alpha value is -0.810. The topological polar surface area (TPSA) is 60.1 Å². The van der Waals surface area contributed by atoms with Crippen LogP contribution in [0.3, 0.4) is 0 Å². The number of hydrogen-bond acceptors (Lipinski definition) is 3. The molecule has 5 nitrogen and oxygen atoms in total. The molecular weight excluding hydrogens is 194 g/mol. The molecule has 0 radical (unpaired) electrons. The predicted molar refractivity (Wildman–Crippen MR) is 57.8 cm³/mol. The Morgan fingerprint density at radius 2 is 2.27 bits per heavy atom. The van der Waals surface area contributed by atoms with Crippen molar-refractivity contribution in [2.24, 2.45) is 10.7 Å². The standard InChI is InChI=1S/C10H19N3O2/c1-13(8-2-3-8)10(11)12-6-9-7-14-4-5-15-9/h8-9H,2-7H2,1H3,(H2,11,12). The molecule has 15 heavy (non-hydrogen) atoms. The van der Waals surface area contributed by atoms with Crippen molar-refractivity contribution in [2.45, 2.75) is 25.0 Å². The summed E-state index contributed by atoms with van der Waals surface area (Å²) in [6, 6.07) is 0.609. The number of nitrogens with zero attached hydrogens (tertiary/aromatic N) is 2. The van der Waals surface area contributed by atoms with Gasteiger partial charge in [-0.05, 0) is 12.8 Å². The van der Waals surface area contributed by atoms with Crippen molar-refractivity contribution in [2.75, 3.05) is 33.4 Å². The molecule has 1 unspecified atom stereocenters. The average molecular weight is 213 g/mol. The lowest BCUT2D eigenvalue weighted by Gasteiger charge is -2.22. The smallest absolute Gasteiger partial charge is 0.191 e. The largest absolute Gasteiger partial charge is 0.376 e. The van der Waals surface area contributed by atoms with Crippen molar-refractivity contribution in [3.63, 3.8) is 0 Å². The number of ether oxygens (including phenoxy) is 2. The van der Waals surface area contributed by atoms with Crippen LogP contribution in [0.5, 0.6) is 0 Å². The number of aliphatic imine (C=N–C) groups is 1. The average Bonchev–Trinajstić information content (AvgIpc) is 3.10. The van der Waals surface area contributed by atoms with Gasteiger partial charge in [0.05, 0.1) is 26.4 Å². The van der Waals surface area contributed by atoms with Crippen LogP contribution in [0.25, 0.3) is 0 Å².